The van der Waals surface area contributed by atoms with Gasteiger partial charge in [-0.3, -0.25) is 0 Å². The Hall–Kier alpha value is -0.300. The number of hydrogen-bond donors (Lipinski definition) is 0. The van der Waals surface area contributed by atoms with Crippen molar-refractivity contribution in [3.05, 3.63) is 12.7 Å². The van der Waals surface area contributed by atoms with E-state index in [1.54, 1.807) is 0 Å². The zero-order chi connectivity index (χ0) is 7.98. The zero-order valence-electron chi connectivity index (χ0n) is 7.43. The first-order valence-electron chi connectivity index (χ1n) is 3.99. The van der Waals surface area contributed by atoms with Crippen LogP contribution in [0.25, 0.3) is 0 Å². The highest BCUT2D eigenvalue weighted by Crippen LogP contribution is 2.06. The van der Waals surface area contributed by atoms with Crippen LogP contribution in [0.4, 0.5) is 0 Å². The molecule has 0 aromatic rings. The van der Waals surface area contributed by atoms with Crippen molar-refractivity contribution in [2.45, 2.75) is 32.2 Å². The SMILES string of the molecule is C=CCC[C@@H](CC)N(C)C. The lowest BCUT2D eigenvalue weighted by Crippen LogP contribution is -2.26. The quantitative estimate of drug-likeness (QED) is 0.531. The Morgan fingerprint density at radius 3 is 2.40 bits per heavy atom. The highest BCUT2D eigenvalue weighted by molar-refractivity contribution is 4.72. The summed E-state index contributed by atoms with van der Waals surface area (Å²) >= 11 is 0. The average molecular weight is 141 g/mol. The van der Waals surface area contributed by atoms with Crippen LogP contribution in [0.3, 0.4) is 0 Å². The van der Waals surface area contributed by atoms with E-state index in [4.69, 9.17) is 0 Å². The van der Waals surface area contributed by atoms with Gasteiger partial charge >= 0.3 is 0 Å². The molecule has 1 heteroatoms. The predicted molar refractivity (Wildman–Crippen MR) is 47.2 cm³/mol. The molecule has 0 N–H and O–H groups in total. The number of hydrogen-bond acceptors (Lipinski definition) is 1. The maximum absolute atomic E-state index is 3.71. The fraction of sp³-hybridized carbons (Fsp3) is 0.778. The van der Waals surface area contributed by atoms with E-state index in [-0.39, 0.29) is 0 Å². The molecule has 0 heterocycles. The third kappa shape index (κ3) is 3.67. The Labute approximate surface area is 64.7 Å². The lowest BCUT2D eigenvalue weighted by atomic mass is 10.1. The van der Waals surface area contributed by atoms with Crippen LogP contribution in [-0.2, 0) is 0 Å². The minimum atomic E-state index is 0.734. The van der Waals surface area contributed by atoms with Crippen molar-refractivity contribution in [3.63, 3.8) is 0 Å². The molecular weight excluding hydrogens is 122 g/mol. The van der Waals surface area contributed by atoms with Crippen molar-refractivity contribution < 1.29 is 0 Å². The average Bonchev–Trinajstić information content (AvgIpc) is 1.89. The topological polar surface area (TPSA) is 3.24 Å². The molecule has 0 aliphatic carbocycles. The second-order valence-electron chi connectivity index (χ2n) is 2.89. The molecule has 0 unspecified atom stereocenters. The molecule has 10 heavy (non-hydrogen) atoms. The second-order valence-corrected chi connectivity index (χ2v) is 2.89. The molecule has 0 saturated carbocycles. The molecule has 0 fully saturated rings. The maximum atomic E-state index is 3.71. The summed E-state index contributed by atoms with van der Waals surface area (Å²) in [4.78, 5) is 2.28. The van der Waals surface area contributed by atoms with Crippen LogP contribution in [0.1, 0.15) is 26.2 Å². The van der Waals surface area contributed by atoms with Crippen molar-refractivity contribution >= 4 is 0 Å². The molecule has 0 spiro atoms. The van der Waals surface area contributed by atoms with Crippen molar-refractivity contribution in [1.82, 2.24) is 4.90 Å². The Morgan fingerprint density at radius 1 is 1.50 bits per heavy atom. The van der Waals surface area contributed by atoms with Gasteiger partial charge in [0.15, 0.2) is 0 Å². The minimum Gasteiger partial charge on any atom is -0.306 e. The molecule has 0 rings (SSSR count). The molecule has 1 nitrogen and oxygen atoms in total. The van der Waals surface area contributed by atoms with E-state index in [1.807, 2.05) is 6.08 Å². The van der Waals surface area contributed by atoms with Gasteiger partial charge in [0, 0.05) is 6.04 Å². The van der Waals surface area contributed by atoms with E-state index in [1.165, 1.54) is 12.8 Å². The first-order chi connectivity index (χ1) is 4.72. The zero-order valence-corrected chi connectivity index (χ0v) is 7.43. The number of rotatable bonds is 5. The van der Waals surface area contributed by atoms with Crippen molar-refractivity contribution in [1.29, 1.82) is 0 Å². The fourth-order valence-electron chi connectivity index (χ4n) is 1.14. The van der Waals surface area contributed by atoms with Crippen LogP contribution in [0.5, 0.6) is 0 Å². The molecule has 60 valence electrons. The molecule has 0 aliphatic heterocycles. The van der Waals surface area contributed by atoms with Gasteiger partial charge in [0.1, 0.15) is 0 Å². The Bertz CT molecular complexity index is 86.7. The molecular formula is C9H19N. The van der Waals surface area contributed by atoms with Gasteiger partial charge in [-0.05, 0) is 33.4 Å². The monoisotopic (exact) mass is 141 g/mol. The minimum absolute atomic E-state index is 0.734. The van der Waals surface area contributed by atoms with Gasteiger partial charge in [-0.2, -0.15) is 0 Å². The lowest BCUT2D eigenvalue weighted by Gasteiger charge is -2.21. The molecule has 0 radical (unpaired) electrons. The first kappa shape index (κ1) is 9.70. The summed E-state index contributed by atoms with van der Waals surface area (Å²) in [5.41, 5.74) is 0. The summed E-state index contributed by atoms with van der Waals surface area (Å²) in [6.07, 6.45) is 5.61. The summed E-state index contributed by atoms with van der Waals surface area (Å²) in [5, 5.41) is 0. The Kier molecular flexibility index (Phi) is 5.32. The standard InChI is InChI=1S/C9H19N/c1-5-7-8-9(6-2)10(3)4/h5,9H,1,6-8H2,2-4H3/t9-/m1/s1. The normalized spacial score (nSPS) is 13.6. The molecule has 0 aliphatic rings. The van der Waals surface area contributed by atoms with Crippen molar-refractivity contribution in [2.75, 3.05) is 14.1 Å². The van der Waals surface area contributed by atoms with Crippen LogP contribution >= 0.6 is 0 Å². The van der Waals surface area contributed by atoms with Gasteiger partial charge in [-0.15, -0.1) is 6.58 Å². The highest BCUT2D eigenvalue weighted by atomic mass is 15.1. The number of allylic oxidation sites excluding steroid dienone is 1. The van der Waals surface area contributed by atoms with Crippen LogP contribution in [0.2, 0.25) is 0 Å². The summed E-state index contributed by atoms with van der Waals surface area (Å²) in [6.45, 7) is 5.94. The molecule has 0 amide bonds. The van der Waals surface area contributed by atoms with E-state index >= 15 is 0 Å². The molecule has 0 bridgehead atoms. The Balaban J connectivity index is 3.49. The van der Waals surface area contributed by atoms with Gasteiger partial charge in [-0.1, -0.05) is 13.0 Å². The third-order valence-corrected chi connectivity index (χ3v) is 1.91. The van der Waals surface area contributed by atoms with Gasteiger partial charge < -0.3 is 4.90 Å². The summed E-state index contributed by atoms with van der Waals surface area (Å²) in [5.74, 6) is 0. The van der Waals surface area contributed by atoms with Gasteiger partial charge in [0.05, 0.1) is 0 Å². The predicted octanol–water partition coefficient (Wildman–Crippen LogP) is 2.29. The van der Waals surface area contributed by atoms with E-state index in [0.717, 1.165) is 12.5 Å². The van der Waals surface area contributed by atoms with Crippen molar-refractivity contribution in [3.8, 4) is 0 Å². The van der Waals surface area contributed by atoms with E-state index in [9.17, 15) is 0 Å². The summed E-state index contributed by atoms with van der Waals surface area (Å²) in [6, 6.07) is 0.734. The van der Waals surface area contributed by atoms with Crippen LogP contribution < -0.4 is 0 Å². The molecule has 0 aromatic carbocycles. The second kappa shape index (κ2) is 5.48. The van der Waals surface area contributed by atoms with Crippen LogP contribution in [0.15, 0.2) is 12.7 Å². The molecule has 0 aromatic heterocycles. The summed E-state index contributed by atoms with van der Waals surface area (Å²) in [7, 11) is 4.27. The summed E-state index contributed by atoms with van der Waals surface area (Å²) < 4.78 is 0. The van der Waals surface area contributed by atoms with Gasteiger partial charge in [0.2, 0.25) is 0 Å². The van der Waals surface area contributed by atoms with Crippen LogP contribution in [-0.4, -0.2) is 25.0 Å². The van der Waals surface area contributed by atoms with Crippen LogP contribution in [0, 0.1) is 0 Å². The lowest BCUT2D eigenvalue weighted by molar-refractivity contribution is 0.273. The Morgan fingerprint density at radius 2 is 2.10 bits per heavy atom. The van der Waals surface area contributed by atoms with Gasteiger partial charge in [0.25, 0.3) is 0 Å². The smallest absolute Gasteiger partial charge is 0.00894 e. The van der Waals surface area contributed by atoms with Gasteiger partial charge in [-0.25, -0.2) is 0 Å². The van der Waals surface area contributed by atoms with Crippen molar-refractivity contribution in [2.24, 2.45) is 0 Å². The van der Waals surface area contributed by atoms with E-state index in [0.29, 0.717) is 0 Å². The highest BCUT2D eigenvalue weighted by Gasteiger charge is 2.05. The largest absolute Gasteiger partial charge is 0.306 e. The third-order valence-electron chi connectivity index (χ3n) is 1.91. The molecule has 1 atom stereocenters. The van der Waals surface area contributed by atoms with E-state index < -0.39 is 0 Å². The first-order valence-corrected chi connectivity index (χ1v) is 3.99. The maximum Gasteiger partial charge on any atom is 0.00894 e. The number of nitrogens with zero attached hydrogens (tertiary/aromatic N) is 1. The fourth-order valence-corrected chi connectivity index (χ4v) is 1.14. The van der Waals surface area contributed by atoms with E-state index in [2.05, 4.69) is 32.5 Å². The molecule has 0 saturated heterocycles.